The van der Waals surface area contributed by atoms with Gasteiger partial charge in [0.2, 0.25) is 11.8 Å². The number of aryl methyl sites for hydroxylation is 2. The molecule has 0 radical (unpaired) electrons. The lowest BCUT2D eigenvalue weighted by Crippen LogP contribution is -2.40. The molecule has 1 aromatic rings. The Hall–Kier alpha value is -1.36. The second-order valence-electron chi connectivity index (χ2n) is 5.85. The van der Waals surface area contributed by atoms with E-state index in [1.165, 1.54) is 41.0 Å². The van der Waals surface area contributed by atoms with Crippen molar-refractivity contribution in [1.82, 2.24) is 5.32 Å². The number of rotatable bonds is 4. The summed E-state index contributed by atoms with van der Waals surface area (Å²) in [6, 6.07) is 2.22. The lowest BCUT2D eigenvalue weighted by Gasteiger charge is -2.10. The first kappa shape index (κ1) is 13.6. The monoisotopic (exact) mass is 292 g/mol. The zero-order chi connectivity index (χ0) is 14.2. The molecule has 0 saturated heterocycles. The Morgan fingerprint density at radius 3 is 2.70 bits per heavy atom. The van der Waals surface area contributed by atoms with Gasteiger partial charge in [0.1, 0.15) is 5.41 Å². The third-order valence-corrected chi connectivity index (χ3v) is 5.61. The third kappa shape index (κ3) is 2.46. The molecule has 5 heteroatoms. The predicted octanol–water partition coefficient (Wildman–Crippen LogP) is 1.90. The number of nitrogens with two attached hydrogens (primary N) is 1. The van der Waals surface area contributed by atoms with Crippen LogP contribution in [0.15, 0.2) is 6.07 Å². The van der Waals surface area contributed by atoms with Crippen molar-refractivity contribution in [2.45, 2.75) is 51.5 Å². The van der Waals surface area contributed by atoms with Gasteiger partial charge < -0.3 is 11.1 Å². The zero-order valence-corrected chi connectivity index (χ0v) is 12.4. The molecule has 0 spiro atoms. The van der Waals surface area contributed by atoms with E-state index >= 15 is 0 Å². The van der Waals surface area contributed by atoms with E-state index in [2.05, 4.69) is 11.4 Å². The lowest BCUT2D eigenvalue weighted by molar-refractivity contribution is -0.135. The highest BCUT2D eigenvalue weighted by Crippen LogP contribution is 2.45. The third-order valence-electron chi connectivity index (χ3n) is 4.38. The average molecular weight is 292 g/mol. The fraction of sp³-hybridized carbons (Fsp3) is 0.600. The summed E-state index contributed by atoms with van der Waals surface area (Å²) in [7, 11) is 0. The molecule has 0 unspecified atom stereocenters. The molecule has 3 N–H and O–H groups in total. The number of nitrogens with one attached hydrogen (secondary N) is 1. The summed E-state index contributed by atoms with van der Waals surface area (Å²) >= 11 is 1.80. The molecule has 1 fully saturated rings. The van der Waals surface area contributed by atoms with E-state index in [4.69, 9.17) is 5.73 Å². The van der Waals surface area contributed by atoms with Gasteiger partial charge in [-0.3, -0.25) is 9.59 Å². The van der Waals surface area contributed by atoms with Crippen molar-refractivity contribution >= 4 is 23.2 Å². The molecule has 1 saturated carbocycles. The standard InChI is InChI=1S/C15H20N2O2S/c16-13(18)15(6-7-15)14(19)17-9-11-8-10-4-2-1-3-5-12(10)20-11/h8H,1-7,9H2,(H2,16,18)(H,17,19). The SMILES string of the molecule is NC(=O)C1(C(=O)NCc2cc3c(s2)CCCCC3)CC1. The first-order valence-electron chi connectivity index (χ1n) is 7.30. The molecular weight excluding hydrogens is 272 g/mol. The van der Waals surface area contributed by atoms with Crippen molar-refractivity contribution in [2.75, 3.05) is 0 Å². The molecule has 108 valence electrons. The van der Waals surface area contributed by atoms with Crippen LogP contribution in [0, 0.1) is 5.41 Å². The van der Waals surface area contributed by atoms with Gasteiger partial charge in [0.05, 0.1) is 6.54 Å². The highest BCUT2D eigenvalue weighted by Gasteiger charge is 2.55. The van der Waals surface area contributed by atoms with Gasteiger partial charge in [0, 0.05) is 9.75 Å². The Labute approximate surface area is 122 Å². The van der Waals surface area contributed by atoms with E-state index in [0.717, 1.165) is 6.42 Å². The number of carbonyl (C=O) groups is 2. The van der Waals surface area contributed by atoms with Gasteiger partial charge in [-0.1, -0.05) is 6.42 Å². The minimum Gasteiger partial charge on any atom is -0.369 e. The normalized spacial score (nSPS) is 19.8. The van der Waals surface area contributed by atoms with Crippen LogP contribution in [0.2, 0.25) is 0 Å². The van der Waals surface area contributed by atoms with Crippen LogP contribution < -0.4 is 11.1 Å². The van der Waals surface area contributed by atoms with Crippen molar-refractivity contribution < 1.29 is 9.59 Å². The van der Waals surface area contributed by atoms with E-state index < -0.39 is 11.3 Å². The van der Waals surface area contributed by atoms with Gasteiger partial charge in [-0.2, -0.15) is 0 Å². The van der Waals surface area contributed by atoms with E-state index in [1.807, 2.05) is 0 Å². The summed E-state index contributed by atoms with van der Waals surface area (Å²) < 4.78 is 0. The molecule has 20 heavy (non-hydrogen) atoms. The summed E-state index contributed by atoms with van der Waals surface area (Å²) in [5, 5.41) is 2.88. The Bertz CT molecular complexity index is 523. The quantitative estimate of drug-likeness (QED) is 0.657. The van der Waals surface area contributed by atoms with Crippen LogP contribution in [0.1, 0.15) is 47.4 Å². The van der Waals surface area contributed by atoms with Gasteiger partial charge >= 0.3 is 0 Å². The van der Waals surface area contributed by atoms with E-state index in [-0.39, 0.29) is 5.91 Å². The number of primary amides is 1. The molecule has 3 rings (SSSR count). The second kappa shape index (κ2) is 5.20. The van der Waals surface area contributed by atoms with Crippen LogP contribution in [0.25, 0.3) is 0 Å². The number of thiophene rings is 1. The number of hydrogen-bond donors (Lipinski definition) is 2. The Balaban J connectivity index is 1.62. The van der Waals surface area contributed by atoms with Crippen LogP contribution in [0.4, 0.5) is 0 Å². The Kier molecular flexibility index (Phi) is 3.54. The molecule has 0 aliphatic heterocycles. The summed E-state index contributed by atoms with van der Waals surface area (Å²) in [6.07, 6.45) is 7.35. The van der Waals surface area contributed by atoms with E-state index in [0.29, 0.717) is 19.4 Å². The molecule has 2 aliphatic rings. The predicted molar refractivity (Wildman–Crippen MR) is 78.3 cm³/mol. The van der Waals surface area contributed by atoms with Gasteiger partial charge in [-0.05, 0) is 50.2 Å². The number of fused-ring (bicyclic) bond motifs is 1. The Morgan fingerprint density at radius 2 is 2.00 bits per heavy atom. The molecule has 0 aromatic carbocycles. The molecule has 2 amide bonds. The maximum atomic E-state index is 12.0. The fourth-order valence-corrected chi connectivity index (χ4v) is 4.06. The summed E-state index contributed by atoms with van der Waals surface area (Å²) in [5.41, 5.74) is 5.85. The highest BCUT2D eigenvalue weighted by atomic mass is 32.1. The van der Waals surface area contributed by atoms with Gasteiger partial charge in [-0.25, -0.2) is 0 Å². The van der Waals surface area contributed by atoms with E-state index in [9.17, 15) is 9.59 Å². The van der Waals surface area contributed by atoms with Gasteiger partial charge in [0.15, 0.2) is 0 Å². The Morgan fingerprint density at radius 1 is 1.25 bits per heavy atom. The first-order valence-corrected chi connectivity index (χ1v) is 8.12. The van der Waals surface area contributed by atoms with Gasteiger partial charge in [0.25, 0.3) is 0 Å². The maximum absolute atomic E-state index is 12.0. The molecular formula is C15H20N2O2S. The second-order valence-corrected chi connectivity index (χ2v) is 7.07. The van der Waals surface area contributed by atoms with Crippen LogP contribution in [-0.2, 0) is 29.0 Å². The van der Waals surface area contributed by atoms with Crippen molar-refractivity contribution in [3.05, 3.63) is 21.4 Å². The molecule has 4 nitrogen and oxygen atoms in total. The van der Waals surface area contributed by atoms with Crippen molar-refractivity contribution in [2.24, 2.45) is 11.1 Å². The molecule has 1 heterocycles. The lowest BCUT2D eigenvalue weighted by atomic mass is 10.1. The van der Waals surface area contributed by atoms with E-state index in [1.54, 1.807) is 11.3 Å². The van der Waals surface area contributed by atoms with Crippen LogP contribution in [0.5, 0.6) is 0 Å². The number of carbonyl (C=O) groups excluding carboxylic acids is 2. The summed E-state index contributed by atoms with van der Waals surface area (Å²) in [6.45, 7) is 0.519. The maximum Gasteiger partial charge on any atom is 0.235 e. The number of hydrogen-bond acceptors (Lipinski definition) is 3. The average Bonchev–Trinajstić information content (AvgIpc) is 3.18. The summed E-state index contributed by atoms with van der Waals surface area (Å²) in [4.78, 5) is 26.0. The molecule has 0 bridgehead atoms. The smallest absolute Gasteiger partial charge is 0.235 e. The molecule has 0 atom stereocenters. The largest absolute Gasteiger partial charge is 0.369 e. The fourth-order valence-electron chi connectivity index (χ4n) is 2.86. The number of amides is 2. The van der Waals surface area contributed by atoms with Crippen molar-refractivity contribution in [3.63, 3.8) is 0 Å². The highest BCUT2D eigenvalue weighted by molar-refractivity contribution is 7.12. The molecule has 2 aliphatic carbocycles. The van der Waals surface area contributed by atoms with Gasteiger partial charge in [-0.15, -0.1) is 11.3 Å². The van der Waals surface area contributed by atoms with Crippen LogP contribution in [0.3, 0.4) is 0 Å². The van der Waals surface area contributed by atoms with Crippen molar-refractivity contribution in [3.8, 4) is 0 Å². The van der Waals surface area contributed by atoms with Crippen molar-refractivity contribution in [1.29, 1.82) is 0 Å². The minimum absolute atomic E-state index is 0.200. The minimum atomic E-state index is -0.908. The zero-order valence-electron chi connectivity index (χ0n) is 11.5. The first-order chi connectivity index (χ1) is 9.62. The summed E-state index contributed by atoms with van der Waals surface area (Å²) in [5.74, 6) is -0.689. The van der Waals surface area contributed by atoms with Crippen LogP contribution in [-0.4, -0.2) is 11.8 Å². The van der Waals surface area contributed by atoms with Crippen LogP contribution >= 0.6 is 11.3 Å². The molecule has 1 aromatic heterocycles. The topological polar surface area (TPSA) is 72.2 Å².